The van der Waals surface area contributed by atoms with Crippen molar-refractivity contribution >= 4 is 22.9 Å². The highest BCUT2D eigenvalue weighted by atomic mass is 32.1. The number of carbonyl (C=O) groups is 1. The number of benzene rings is 2. The summed E-state index contributed by atoms with van der Waals surface area (Å²) in [4.78, 5) is 16.7. The average Bonchev–Trinajstić information content (AvgIpc) is 3.21. The van der Waals surface area contributed by atoms with Crippen LogP contribution in [0.4, 0.5) is 14.5 Å². The van der Waals surface area contributed by atoms with Gasteiger partial charge in [-0.3, -0.25) is 4.79 Å². The van der Waals surface area contributed by atoms with Crippen LogP contribution in [0.15, 0.2) is 47.8 Å². The molecule has 0 bridgehead atoms. The van der Waals surface area contributed by atoms with E-state index in [0.29, 0.717) is 23.6 Å². The predicted molar refractivity (Wildman–Crippen MR) is 98.2 cm³/mol. The van der Waals surface area contributed by atoms with E-state index in [-0.39, 0.29) is 11.5 Å². The summed E-state index contributed by atoms with van der Waals surface area (Å²) in [6, 6.07) is 10.6. The summed E-state index contributed by atoms with van der Waals surface area (Å²) in [5, 5.41) is 5.53. The lowest BCUT2D eigenvalue weighted by Crippen LogP contribution is -2.25. The molecule has 1 N–H and O–H groups in total. The zero-order chi connectivity index (χ0) is 19.7. The van der Waals surface area contributed by atoms with Crippen molar-refractivity contribution in [2.45, 2.75) is 19.8 Å². The van der Waals surface area contributed by atoms with Gasteiger partial charge in [0, 0.05) is 22.7 Å². The molecule has 0 radical (unpaired) electrons. The maximum atomic E-state index is 13.1. The maximum Gasteiger partial charge on any atom is 0.586 e. The summed E-state index contributed by atoms with van der Waals surface area (Å²) in [5.74, 6) is -0.0107. The number of thiazole rings is 1. The van der Waals surface area contributed by atoms with Crippen LogP contribution in [-0.4, -0.2) is 17.2 Å². The highest BCUT2D eigenvalue weighted by Gasteiger charge is 2.43. The first-order valence-electron chi connectivity index (χ1n) is 8.23. The monoisotopic (exact) mass is 404 g/mol. The Labute approximate surface area is 162 Å². The summed E-state index contributed by atoms with van der Waals surface area (Å²) in [5.41, 5.74) is 1.54. The minimum atomic E-state index is -3.70. The van der Waals surface area contributed by atoms with Gasteiger partial charge in [0.1, 0.15) is 12.4 Å². The molecule has 28 heavy (non-hydrogen) atoms. The highest BCUT2D eigenvalue weighted by molar-refractivity contribution is 7.09. The van der Waals surface area contributed by atoms with Gasteiger partial charge in [-0.15, -0.1) is 20.1 Å². The molecular formula is C19H14F2N2O4S. The zero-order valence-corrected chi connectivity index (χ0v) is 15.4. The SMILES string of the molecule is Cc1nc(COc2ccc(C(=O)Nc3ccc4c(c3)OC(F)(F)O4)cc2)cs1. The van der Waals surface area contributed by atoms with E-state index in [4.69, 9.17) is 4.74 Å². The molecule has 0 atom stereocenters. The molecule has 1 amide bonds. The van der Waals surface area contributed by atoms with Crippen LogP contribution >= 0.6 is 11.3 Å². The molecule has 4 rings (SSSR count). The number of hydrogen-bond acceptors (Lipinski definition) is 6. The van der Waals surface area contributed by atoms with Crippen molar-refractivity contribution in [3.63, 3.8) is 0 Å². The Morgan fingerprint density at radius 2 is 1.93 bits per heavy atom. The second-order valence-electron chi connectivity index (χ2n) is 5.95. The number of amides is 1. The molecular weight excluding hydrogens is 390 g/mol. The van der Waals surface area contributed by atoms with Crippen LogP contribution in [-0.2, 0) is 6.61 Å². The highest BCUT2D eigenvalue weighted by Crippen LogP contribution is 2.42. The van der Waals surface area contributed by atoms with Crippen molar-refractivity contribution < 1.29 is 27.8 Å². The maximum absolute atomic E-state index is 13.1. The Morgan fingerprint density at radius 1 is 1.18 bits per heavy atom. The molecule has 0 saturated heterocycles. The van der Waals surface area contributed by atoms with Gasteiger partial charge in [-0.05, 0) is 43.3 Å². The summed E-state index contributed by atoms with van der Waals surface area (Å²) < 4.78 is 40.5. The quantitative estimate of drug-likeness (QED) is 0.673. The fourth-order valence-corrected chi connectivity index (χ4v) is 3.16. The average molecular weight is 404 g/mol. The van der Waals surface area contributed by atoms with Crippen molar-refractivity contribution in [3.8, 4) is 17.2 Å². The normalized spacial score (nSPS) is 14.0. The topological polar surface area (TPSA) is 69.7 Å². The smallest absolute Gasteiger partial charge is 0.487 e. The van der Waals surface area contributed by atoms with E-state index in [2.05, 4.69) is 19.8 Å². The van der Waals surface area contributed by atoms with Crippen LogP contribution in [0.25, 0.3) is 0 Å². The summed E-state index contributed by atoms with van der Waals surface area (Å²) in [6.45, 7) is 2.27. The van der Waals surface area contributed by atoms with Gasteiger partial charge in [0.2, 0.25) is 0 Å². The number of fused-ring (bicyclic) bond motifs is 1. The van der Waals surface area contributed by atoms with E-state index in [0.717, 1.165) is 10.7 Å². The predicted octanol–water partition coefficient (Wildman–Crippen LogP) is 4.60. The molecule has 0 fully saturated rings. The second kappa shape index (κ2) is 7.08. The Bertz CT molecular complexity index is 1020. The van der Waals surface area contributed by atoms with Gasteiger partial charge in [0.25, 0.3) is 5.91 Å². The number of aromatic nitrogens is 1. The number of nitrogens with one attached hydrogen (secondary N) is 1. The first kappa shape index (κ1) is 18.2. The van der Waals surface area contributed by atoms with Crippen LogP contribution < -0.4 is 19.5 Å². The van der Waals surface area contributed by atoms with Crippen molar-refractivity contribution in [2.24, 2.45) is 0 Å². The van der Waals surface area contributed by atoms with Crippen molar-refractivity contribution in [3.05, 3.63) is 64.1 Å². The number of ether oxygens (including phenoxy) is 3. The van der Waals surface area contributed by atoms with Crippen LogP contribution in [0.2, 0.25) is 0 Å². The van der Waals surface area contributed by atoms with E-state index < -0.39 is 12.2 Å². The number of aryl methyl sites for hydroxylation is 1. The van der Waals surface area contributed by atoms with Gasteiger partial charge < -0.3 is 19.5 Å². The molecule has 0 unspecified atom stereocenters. The van der Waals surface area contributed by atoms with Gasteiger partial charge in [0.15, 0.2) is 11.5 Å². The largest absolute Gasteiger partial charge is 0.586 e. The molecule has 2 aromatic carbocycles. The Hall–Kier alpha value is -3.20. The third kappa shape index (κ3) is 4.04. The summed E-state index contributed by atoms with van der Waals surface area (Å²) in [7, 11) is 0. The third-order valence-corrected chi connectivity index (χ3v) is 4.65. The minimum absolute atomic E-state index is 0.0835. The lowest BCUT2D eigenvalue weighted by Gasteiger charge is -2.08. The van der Waals surface area contributed by atoms with Crippen LogP contribution in [0.5, 0.6) is 17.2 Å². The van der Waals surface area contributed by atoms with E-state index >= 15 is 0 Å². The van der Waals surface area contributed by atoms with E-state index in [9.17, 15) is 13.6 Å². The number of rotatable bonds is 5. The summed E-state index contributed by atoms with van der Waals surface area (Å²) in [6.07, 6.45) is -3.70. The number of carbonyl (C=O) groups excluding carboxylic acids is 1. The number of nitrogens with zero attached hydrogens (tertiary/aromatic N) is 1. The van der Waals surface area contributed by atoms with Gasteiger partial charge in [-0.1, -0.05) is 0 Å². The minimum Gasteiger partial charge on any atom is -0.487 e. The van der Waals surface area contributed by atoms with Gasteiger partial charge >= 0.3 is 6.29 Å². The Kier molecular flexibility index (Phi) is 4.60. The number of anilines is 1. The van der Waals surface area contributed by atoms with Crippen LogP contribution in [0.1, 0.15) is 21.1 Å². The van der Waals surface area contributed by atoms with Crippen LogP contribution in [0.3, 0.4) is 0 Å². The molecule has 0 saturated carbocycles. The Balaban J connectivity index is 1.37. The molecule has 0 aliphatic carbocycles. The van der Waals surface area contributed by atoms with Crippen molar-refractivity contribution in [1.82, 2.24) is 4.98 Å². The number of alkyl halides is 2. The van der Waals surface area contributed by atoms with Crippen molar-refractivity contribution in [1.29, 1.82) is 0 Å². The van der Waals surface area contributed by atoms with Crippen molar-refractivity contribution in [2.75, 3.05) is 5.32 Å². The molecule has 144 valence electrons. The van der Waals surface area contributed by atoms with E-state index in [1.165, 1.54) is 18.2 Å². The molecule has 2 heterocycles. The molecule has 0 spiro atoms. The van der Waals surface area contributed by atoms with E-state index in [1.54, 1.807) is 35.6 Å². The lowest BCUT2D eigenvalue weighted by atomic mass is 10.2. The molecule has 1 aliphatic heterocycles. The van der Waals surface area contributed by atoms with Gasteiger partial charge in [-0.25, -0.2) is 4.98 Å². The second-order valence-corrected chi connectivity index (χ2v) is 7.02. The summed E-state index contributed by atoms with van der Waals surface area (Å²) >= 11 is 1.55. The molecule has 6 nitrogen and oxygen atoms in total. The lowest BCUT2D eigenvalue weighted by molar-refractivity contribution is -0.286. The van der Waals surface area contributed by atoms with Crippen LogP contribution in [0, 0.1) is 6.92 Å². The third-order valence-electron chi connectivity index (χ3n) is 3.83. The fraction of sp³-hybridized carbons (Fsp3) is 0.158. The van der Waals surface area contributed by atoms with Gasteiger partial charge in [0.05, 0.1) is 10.7 Å². The molecule has 9 heteroatoms. The number of halogens is 2. The van der Waals surface area contributed by atoms with E-state index in [1.807, 2.05) is 12.3 Å². The zero-order valence-electron chi connectivity index (χ0n) is 14.6. The first-order chi connectivity index (χ1) is 13.4. The van der Waals surface area contributed by atoms with Gasteiger partial charge in [-0.2, -0.15) is 0 Å². The molecule has 3 aromatic rings. The fourth-order valence-electron chi connectivity index (χ4n) is 2.56. The number of hydrogen-bond donors (Lipinski definition) is 1. The standard InChI is InChI=1S/C19H14F2N2O4S/c1-11-22-14(10-28-11)9-25-15-5-2-12(3-6-15)18(24)23-13-4-7-16-17(8-13)27-19(20,21)26-16/h2-8,10H,9H2,1H3,(H,23,24). The first-order valence-corrected chi connectivity index (χ1v) is 9.11. The molecule has 1 aromatic heterocycles. The molecule has 1 aliphatic rings. The Morgan fingerprint density at radius 3 is 2.64 bits per heavy atom.